The predicted molar refractivity (Wildman–Crippen MR) is 110 cm³/mol. The number of hydrogen-bond donors (Lipinski definition) is 2. The fourth-order valence-electron chi connectivity index (χ4n) is 3.14. The van der Waals surface area contributed by atoms with Gasteiger partial charge in [0, 0.05) is 6.42 Å². The predicted octanol–water partition coefficient (Wildman–Crippen LogP) is 6.57. The van der Waals surface area contributed by atoms with Crippen LogP contribution in [0.15, 0.2) is 12.2 Å². The number of rotatable bonds is 19. The first kappa shape index (κ1) is 24.2. The number of nitrogens with one attached hydrogen (secondary N) is 1. The minimum Gasteiger partial charge on any atom is -0.294 e. The third kappa shape index (κ3) is 21.1. The fraction of sp³-hybridized carbons (Fsp3) is 0.864. The van der Waals surface area contributed by atoms with Crippen LogP contribution in [0.5, 0.6) is 0 Å². The van der Waals surface area contributed by atoms with E-state index in [0.29, 0.717) is 6.42 Å². The van der Waals surface area contributed by atoms with Crippen molar-refractivity contribution in [2.75, 3.05) is 0 Å². The second-order valence-corrected chi connectivity index (χ2v) is 7.32. The number of allylic oxidation sites excluding steroid dienone is 2. The molecule has 3 heteroatoms. The molecule has 0 radical (unpaired) electrons. The molecule has 0 saturated carbocycles. The van der Waals surface area contributed by atoms with E-state index in [1.165, 1.54) is 96.3 Å². The molecule has 0 unspecified atom stereocenters. The second kappa shape index (κ2) is 21.2. The number of carbonyl (C=O) groups is 1. The summed E-state index contributed by atoms with van der Waals surface area (Å²) in [4.78, 5) is 11.0. The minimum absolute atomic E-state index is 0.0407. The quantitative estimate of drug-likeness (QED) is 0.0907. The minimum atomic E-state index is -0.0407. The van der Waals surface area contributed by atoms with Crippen molar-refractivity contribution in [3.63, 3.8) is 0 Å². The molecule has 0 saturated heterocycles. The molecule has 0 atom stereocenters. The first-order valence-electron chi connectivity index (χ1n) is 11.0. The molecule has 0 aliphatic rings. The Morgan fingerprint density at radius 1 is 0.680 bits per heavy atom. The third-order valence-electron chi connectivity index (χ3n) is 4.83. The molecular weight excluding hydrogens is 308 g/mol. The average molecular weight is 353 g/mol. The number of unbranched alkanes of at least 4 members (excludes halogenated alkanes) is 15. The molecule has 148 valence electrons. The van der Waals surface area contributed by atoms with E-state index in [2.05, 4.69) is 24.5 Å². The third-order valence-corrected chi connectivity index (χ3v) is 4.83. The first-order chi connectivity index (χ1) is 12.3. The van der Waals surface area contributed by atoms with Crippen molar-refractivity contribution in [1.29, 1.82) is 0 Å². The summed E-state index contributed by atoms with van der Waals surface area (Å²) in [5, 5.41) is 0. The standard InChI is InChI=1S/C22H44N2O/c1-2-3-4-5-6-7-8-9-10-11-12-13-14-15-16-17-18-19-20-21-22(25)24-23/h9-10H,2-8,11-21,23H2,1H3,(H,24,25). The van der Waals surface area contributed by atoms with Crippen molar-refractivity contribution < 1.29 is 4.79 Å². The normalized spacial score (nSPS) is 11.3. The molecule has 3 nitrogen and oxygen atoms in total. The van der Waals surface area contributed by atoms with E-state index in [0.717, 1.165) is 12.8 Å². The summed E-state index contributed by atoms with van der Waals surface area (Å²) >= 11 is 0. The molecule has 0 aliphatic carbocycles. The topological polar surface area (TPSA) is 55.1 Å². The van der Waals surface area contributed by atoms with Gasteiger partial charge in [-0.25, -0.2) is 5.84 Å². The van der Waals surface area contributed by atoms with E-state index in [4.69, 9.17) is 5.84 Å². The first-order valence-corrected chi connectivity index (χ1v) is 11.0. The molecule has 3 N–H and O–H groups in total. The van der Waals surface area contributed by atoms with Gasteiger partial charge < -0.3 is 0 Å². The van der Waals surface area contributed by atoms with E-state index >= 15 is 0 Å². The van der Waals surface area contributed by atoms with Crippen molar-refractivity contribution in [3.05, 3.63) is 12.2 Å². The van der Waals surface area contributed by atoms with Crippen molar-refractivity contribution in [2.45, 2.75) is 122 Å². The summed E-state index contributed by atoms with van der Waals surface area (Å²) in [5.41, 5.74) is 2.18. The van der Waals surface area contributed by atoms with Gasteiger partial charge in [-0.15, -0.1) is 0 Å². The van der Waals surface area contributed by atoms with Crippen LogP contribution >= 0.6 is 0 Å². The van der Waals surface area contributed by atoms with Crippen molar-refractivity contribution in [2.24, 2.45) is 5.84 Å². The summed E-state index contributed by atoms with van der Waals surface area (Å²) in [5.74, 6) is 5.01. The lowest BCUT2D eigenvalue weighted by Gasteiger charge is -2.02. The monoisotopic (exact) mass is 352 g/mol. The number of nitrogens with two attached hydrogens (primary N) is 1. The molecule has 0 aromatic carbocycles. The van der Waals surface area contributed by atoms with Gasteiger partial charge >= 0.3 is 0 Å². The van der Waals surface area contributed by atoms with Gasteiger partial charge in [-0.3, -0.25) is 10.2 Å². The fourth-order valence-corrected chi connectivity index (χ4v) is 3.14. The Labute approximate surface area is 157 Å². The molecule has 0 aromatic heterocycles. The van der Waals surface area contributed by atoms with Gasteiger partial charge in [0.15, 0.2) is 0 Å². The van der Waals surface area contributed by atoms with E-state index in [1.807, 2.05) is 0 Å². The number of hydrazine groups is 1. The van der Waals surface area contributed by atoms with Crippen LogP contribution in [0.4, 0.5) is 0 Å². The van der Waals surface area contributed by atoms with Crippen LogP contribution in [0, 0.1) is 0 Å². The smallest absolute Gasteiger partial charge is 0.233 e. The highest BCUT2D eigenvalue weighted by molar-refractivity contribution is 5.74. The summed E-state index contributed by atoms with van der Waals surface area (Å²) in [6.45, 7) is 2.27. The van der Waals surface area contributed by atoms with Crippen molar-refractivity contribution in [3.8, 4) is 0 Å². The molecule has 1 amide bonds. The Morgan fingerprint density at radius 2 is 1.08 bits per heavy atom. The highest BCUT2D eigenvalue weighted by Crippen LogP contribution is 2.12. The van der Waals surface area contributed by atoms with Crippen LogP contribution in [-0.2, 0) is 4.79 Å². The van der Waals surface area contributed by atoms with Gasteiger partial charge in [0.2, 0.25) is 5.91 Å². The lowest BCUT2D eigenvalue weighted by atomic mass is 10.1. The van der Waals surface area contributed by atoms with Crippen LogP contribution in [0.3, 0.4) is 0 Å². The molecule has 0 heterocycles. The zero-order valence-electron chi connectivity index (χ0n) is 16.9. The molecular formula is C22H44N2O. The lowest BCUT2D eigenvalue weighted by molar-refractivity contribution is -0.121. The Bertz CT molecular complexity index is 302. The zero-order valence-corrected chi connectivity index (χ0v) is 16.9. The number of amides is 1. The largest absolute Gasteiger partial charge is 0.294 e. The maximum Gasteiger partial charge on any atom is 0.233 e. The maximum atomic E-state index is 11.0. The van der Waals surface area contributed by atoms with Crippen LogP contribution in [0.1, 0.15) is 122 Å². The summed E-state index contributed by atoms with van der Waals surface area (Å²) in [6.07, 6.45) is 27.8. The van der Waals surface area contributed by atoms with Crippen LogP contribution < -0.4 is 11.3 Å². The van der Waals surface area contributed by atoms with Crippen LogP contribution in [-0.4, -0.2) is 5.91 Å². The van der Waals surface area contributed by atoms with Gasteiger partial charge in [-0.1, -0.05) is 96.1 Å². The lowest BCUT2D eigenvalue weighted by Crippen LogP contribution is -2.29. The van der Waals surface area contributed by atoms with Gasteiger partial charge in [0.1, 0.15) is 0 Å². The number of carbonyl (C=O) groups excluding carboxylic acids is 1. The molecule has 0 fully saturated rings. The molecule has 0 bridgehead atoms. The second-order valence-electron chi connectivity index (χ2n) is 7.32. The van der Waals surface area contributed by atoms with Crippen molar-refractivity contribution >= 4 is 5.91 Å². The molecule has 0 aromatic rings. The molecule has 0 rings (SSSR count). The van der Waals surface area contributed by atoms with E-state index in [9.17, 15) is 4.79 Å². The van der Waals surface area contributed by atoms with Gasteiger partial charge in [-0.2, -0.15) is 0 Å². The van der Waals surface area contributed by atoms with Crippen molar-refractivity contribution in [1.82, 2.24) is 5.43 Å². The Kier molecular flexibility index (Phi) is 20.5. The Morgan fingerprint density at radius 3 is 1.52 bits per heavy atom. The highest BCUT2D eigenvalue weighted by Gasteiger charge is 1.97. The summed E-state index contributed by atoms with van der Waals surface area (Å²) in [6, 6.07) is 0. The van der Waals surface area contributed by atoms with Gasteiger partial charge in [0.25, 0.3) is 0 Å². The maximum absolute atomic E-state index is 11.0. The van der Waals surface area contributed by atoms with E-state index < -0.39 is 0 Å². The number of hydrogen-bond acceptors (Lipinski definition) is 2. The molecule has 0 spiro atoms. The molecule has 0 aliphatic heterocycles. The van der Waals surface area contributed by atoms with Gasteiger partial charge in [0.05, 0.1) is 0 Å². The highest BCUT2D eigenvalue weighted by atomic mass is 16.2. The van der Waals surface area contributed by atoms with E-state index in [1.54, 1.807) is 0 Å². The average Bonchev–Trinajstić information content (AvgIpc) is 2.63. The van der Waals surface area contributed by atoms with Crippen LogP contribution in [0.25, 0.3) is 0 Å². The SMILES string of the molecule is CCCCCCCCC=CCCCCCCCCCCCC(=O)NN. The molecule has 25 heavy (non-hydrogen) atoms. The van der Waals surface area contributed by atoms with Crippen LogP contribution in [0.2, 0.25) is 0 Å². The summed E-state index contributed by atoms with van der Waals surface area (Å²) in [7, 11) is 0. The Hall–Kier alpha value is -0.830. The Balaban J connectivity index is 3.08. The zero-order chi connectivity index (χ0) is 18.4. The summed E-state index contributed by atoms with van der Waals surface area (Å²) < 4.78 is 0. The van der Waals surface area contributed by atoms with Gasteiger partial charge in [-0.05, 0) is 32.1 Å². The van der Waals surface area contributed by atoms with E-state index in [-0.39, 0.29) is 5.91 Å².